The standard InChI is InChI=1S/C25H32N4O5S3/c1-25(2,30)21-8-10-22(11-9-21)29-14-13-27(37(33,34)24-7-5-15-35-24)18-23(29)19-28(36(3,31)32)17-20-6-4-12-26-16-20/h4-12,15-16,23,30H,13-14,17-19H2,1-3H3/t23-/m1/s1. The minimum Gasteiger partial charge on any atom is -0.386 e. The monoisotopic (exact) mass is 564 g/mol. The summed E-state index contributed by atoms with van der Waals surface area (Å²) < 4.78 is 55.3. The summed E-state index contributed by atoms with van der Waals surface area (Å²) >= 11 is 1.17. The van der Waals surface area contributed by atoms with Gasteiger partial charge in [0, 0.05) is 50.8 Å². The van der Waals surface area contributed by atoms with Gasteiger partial charge in [-0.2, -0.15) is 8.61 Å². The molecule has 37 heavy (non-hydrogen) atoms. The van der Waals surface area contributed by atoms with E-state index in [1.54, 1.807) is 49.8 Å². The number of thiophene rings is 1. The Morgan fingerprint density at radius 3 is 2.38 bits per heavy atom. The third kappa shape index (κ3) is 6.57. The van der Waals surface area contributed by atoms with E-state index in [4.69, 9.17) is 0 Å². The number of piperazine rings is 1. The molecule has 4 rings (SSSR count). The molecule has 0 saturated carbocycles. The summed E-state index contributed by atoms with van der Waals surface area (Å²) in [5.41, 5.74) is 1.33. The number of hydrogen-bond acceptors (Lipinski definition) is 8. The summed E-state index contributed by atoms with van der Waals surface area (Å²) in [6.45, 7) is 4.44. The Morgan fingerprint density at radius 2 is 1.81 bits per heavy atom. The molecule has 2 aromatic heterocycles. The number of nitrogens with zero attached hydrogens (tertiary/aromatic N) is 4. The van der Waals surface area contributed by atoms with Gasteiger partial charge in [-0.15, -0.1) is 11.3 Å². The lowest BCUT2D eigenvalue weighted by Crippen LogP contribution is -2.58. The van der Waals surface area contributed by atoms with Crippen LogP contribution in [0.25, 0.3) is 0 Å². The van der Waals surface area contributed by atoms with Crippen molar-refractivity contribution in [2.24, 2.45) is 0 Å². The van der Waals surface area contributed by atoms with Crippen LogP contribution in [-0.2, 0) is 32.2 Å². The second-order valence-electron chi connectivity index (χ2n) is 9.67. The maximum atomic E-state index is 13.3. The molecular formula is C25H32N4O5S3. The molecule has 1 aromatic carbocycles. The first-order valence-electron chi connectivity index (χ1n) is 11.8. The molecule has 1 atom stereocenters. The van der Waals surface area contributed by atoms with Crippen molar-refractivity contribution in [2.45, 2.75) is 36.2 Å². The van der Waals surface area contributed by atoms with Crippen LogP contribution in [0.2, 0.25) is 0 Å². The largest absolute Gasteiger partial charge is 0.386 e. The van der Waals surface area contributed by atoms with Crippen LogP contribution in [0.4, 0.5) is 5.69 Å². The van der Waals surface area contributed by atoms with Gasteiger partial charge in [0.1, 0.15) is 4.21 Å². The molecule has 0 amide bonds. The zero-order valence-electron chi connectivity index (χ0n) is 21.1. The summed E-state index contributed by atoms with van der Waals surface area (Å²) in [7, 11) is -7.31. The fraction of sp³-hybridized carbons (Fsp3) is 0.400. The van der Waals surface area contributed by atoms with Gasteiger partial charge >= 0.3 is 0 Å². The minimum absolute atomic E-state index is 0.0947. The molecule has 0 bridgehead atoms. The highest BCUT2D eigenvalue weighted by Gasteiger charge is 2.37. The van der Waals surface area contributed by atoms with Crippen LogP contribution < -0.4 is 4.90 Å². The number of anilines is 1. The van der Waals surface area contributed by atoms with Crippen molar-refractivity contribution in [2.75, 3.05) is 37.3 Å². The topological polar surface area (TPSA) is 111 Å². The van der Waals surface area contributed by atoms with Crippen LogP contribution in [-0.4, -0.2) is 74.0 Å². The predicted octanol–water partition coefficient (Wildman–Crippen LogP) is 2.71. The zero-order chi connectivity index (χ0) is 26.8. The summed E-state index contributed by atoms with van der Waals surface area (Å²) in [6, 6.07) is 13.9. The molecule has 3 aromatic rings. The first-order valence-corrected chi connectivity index (χ1v) is 16.0. The highest BCUT2D eigenvalue weighted by Crippen LogP contribution is 2.29. The van der Waals surface area contributed by atoms with Crippen LogP contribution in [0.5, 0.6) is 0 Å². The Kier molecular flexibility index (Phi) is 8.07. The fourth-order valence-corrected chi connectivity index (χ4v) is 7.83. The smallest absolute Gasteiger partial charge is 0.252 e. The number of hydrogen-bond donors (Lipinski definition) is 1. The lowest BCUT2D eigenvalue weighted by Gasteiger charge is -2.43. The molecule has 0 unspecified atom stereocenters. The van der Waals surface area contributed by atoms with Gasteiger partial charge in [-0.1, -0.05) is 24.3 Å². The third-order valence-corrected chi connectivity index (χ3v) is 10.9. The Hall–Kier alpha value is -2.35. The summed E-state index contributed by atoms with van der Waals surface area (Å²) in [6.07, 6.45) is 4.41. The van der Waals surface area contributed by atoms with Crippen molar-refractivity contribution >= 4 is 37.1 Å². The average molecular weight is 565 g/mol. The first-order chi connectivity index (χ1) is 17.4. The fourth-order valence-electron chi connectivity index (χ4n) is 4.39. The summed E-state index contributed by atoms with van der Waals surface area (Å²) in [5, 5.41) is 12.1. The number of benzene rings is 1. The zero-order valence-corrected chi connectivity index (χ0v) is 23.5. The normalized spacial score (nSPS) is 17.9. The van der Waals surface area contributed by atoms with E-state index >= 15 is 0 Å². The van der Waals surface area contributed by atoms with Crippen LogP contribution in [0, 0.1) is 0 Å². The summed E-state index contributed by atoms with van der Waals surface area (Å²) in [4.78, 5) is 6.14. The van der Waals surface area contributed by atoms with Crippen molar-refractivity contribution in [1.29, 1.82) is 0 Å². The maximum absolute atomic E-state index is 13.3. The van der Waals surface area contributed by atoms with Gasteiger partial charge in [-0.05, 0) is 54.6 Å². The van der Waals surface area contributed by atoms with E-state index in [0.717, 1.165) is 23.1 Å². The van der Waals surface area contributed by atoms with Gasteiger partial charge in [-0.3, -0.25) is 4.98 Å². The average Bonchev–Trinajstić information content (AvgIpc) is 3.39. The molecular weight excluding hydrogens is 532 g/mol. The predicted molar refractivity (Wildman–Crippen MR) is 145 cm³/mol. The second kappa shape index (κ2) is 10.8. The van der Waals surface area contributed by atoms with Crippen molar-refractivity contribution in [3.05, 3.63) is 77.4 Å². The van der Waals surface area contributed by atoms with Gasteiger partial charge in [0.25, 0.3) is 10.0 Å². The molecule has 0 spiro atoms. The molecule has 12 heteroatoms. The highest BCUT2D eigenvalue weighted by molar-refractivity contribution is 7.91. The van der Waals surface area contributed by atoms with E-state index < -0.39 is 31.7 Å². The Morgan fingerprint density at radius 1 is 1.08 bits per heavy atom. The lowest BCUT2D eigenvalue weighted by molar-refractivity contribution is 0.0786. The van der Waals surface area contributed by atoms with Crippen LogP contribution in [0.15, 0.2) is 70.5 Å². The van der Waals surface area contributed by atoms with Crippen molar-refractivity contribution in [3.63, 3.8) is 0 Å². The Labute approximate surface area is 223 Å². The minimum atomic E-state index is -3.70. The number of aromatic nitrogens is 1. The van der Waals surface area contributed by atoms with Crippen LogP contribution in [0.1, 0.15) is 25.0 Å². The molecule has 3 heterocycles. The molecule has 1 fully saturated rings. The molecule has 200 valence electrons. The van der Waals surface area contributed by atoms with Crippen molar-refractivity contribution in [1.82, 2.24) is 13.6 Å². The SMILES string of the molecule is CC(C)(O)c1ccc(N2CCN(S(=O)(=O)c3cccs3)C[C@@H]2CN(Cc2cccnc2)S(C)(=O)=O)cc1. The van der Waals surface area contributed by atoms with Gasteiger partial charge in [0.2, 0.25) is 10.0 Å². The molecule has 0 aliphatic carbocycles. The molecule has 0 radical (unpaired) electrons. The van der Waals surface area contributed by atoms with Gasteiger partial charge < -0.3 is 10.0 Å². The second-order valence-corrected chi connectivity index (χ2v) is 14.8. The number of sulfonamides is 2. The van der Waals surface area contributed by atoms with Gasteiger partial charge in [0.05, 0.1) is 17.9 Å². The Bertz CT molecular complexity index is 1390. The van der Waals surface area contributed by atoms with E-state index in [1.165, 1.54) is 19.9 Å². The van der Waals surface area contributed by atoms with E-state index in [-0.39, 0.29) is 30.4 Å². The molecule has 1 aliphatic rings. The molecule has 1 saturated heterocycles. The van der Waals surface area contributed by atoms with Crippen LogP contribution in [0.3, 0.4) is 0 Å². The number of rotatable bonds is 9. The summed E-state index contributed by atoms with van der Waals surface area (Å²) in [5.74, 6) is 0. The molecule has 9 nitrogen and oxygen atoms in total. The number of pyridine rings is 1. The third-order valence-electron chi connectivity index (χ3n) is 6.41. The van der Waals surface area contributed by atoms with Crippen LogP contribution >= 0.6 is 11.3 Å². The molecule has 1 aliphatic heterocycles. The van der Waals surface area contributed by atoms with Crippen molar-refractivity contribution in [3.8, 4) is 0 Å². The quantitative estimate of drug-likeness (QED) is 0.425. The van der Waals surface area contributed by atoms with Gasteiger partial charge in [0.15, 0.2) is 0 Å². The Balaban J connectivity index is 1.66. The van der Waals surface area contributed by atoms with E-state index in [1.807, 2.05) is 30.3 Å². The van der Waals surface area contributed by atoms with E-state index in [9.17, 15) is 21.9 Å². The molecule has 1 N–H and O–H groups in total. The van der Waals surface area contributed by atoms with Crippen molar-refractivity contribution < 1.29 is 21.9 Å². The first kappa shape index (κ1) is 27.7. The highest BCUT2D eigenvalue weighted by atomic mass is 32.2. The maximum Gasteiger partial charge on any atom is 0.252 e. The van der Waals surface area contributed by atoms with E-state index in [0.29, 0.717) is 6.54 Å². The van der Waals surface area contributed by atoms with Gasteiger partial charge in [-0.25, -0.2) is 16.8 Å². The lowest BCUT2D eigenvalue weighted by atomic mass is 9.98. The number of aliphatic hydroxyl groups is 1. The van der Waals surface area contributed by atoms with E-state index in [2.05, 4.69) is 9.88 Å².